The van der Waals surface area contributed by atoms with Gasteiger partial charge in [0, 0.05) is 24.7 Å². The molecule has 0 bridgehead atoms. The molecule has 1 fully saturated rings. The summed E-state index contributed by atoms with van der Waals surface area (Å²) in [6.07, 6.45) is 5.79. The van der Waals surface area contributed by atoms with E-state index in [0.29, 0.717) is 12.5 Å². The summed E-state index contributed by atoms with van der Waals surface area (Å²) in [6.45, 7) is 4.09. The summed E-state index contributed by atoms with van der Waals surface area (Å²) in [4.78, 5) is 27.4. The predicted molar refractivity (Wildman–Crippen MR) is 89.7 cm³/mol. The molecule has 0 aliphatic heterocycles. The summed E-state index contributed by atoms with van der Waals surface area (Å²) in [5, 5.41) is 2.99. The van der Waals surface area contributed by atoms with Gasteiger partial charge in [-0.25, -0.2) is 4.98 Å². The van der Waals surface area contributed by atoms with Crippen LogP contribution in [0.4, 0.5) is 0 Å². The van der Waals surface area contributed by atoms with Crippen molar-refractivity contribution in [1.82, 2.24) is 10.3 Å². The number of aromatic nitrogens is 1. The Hall–Kier alpha value is -2.11. The number of hydrogen-bond acceptors (Lipinski definition) is 5. The van der Waals surface area contributed by atoms with Crippen molar-refractivity contribution in [2.75, 3.05) is 6.61 Å². The highest BCUT2D eigenvalue weighted by Crippen LogP contribution is 2.23. The van der Waals surface area contributed by atoms with Crippen molar-refractivity contribution in [2.24, 2.45) is 0 Å². The molecular formula is C18H26N2O4. The Morgan fingerprint density at radius 1 is 1.21 bits per heavy atom. The predicted octanol–water partition coefficient (Wildman–Crippen LogP) is 2.54. The highest BCUT2D eigenvalue weighted by molar-refractivity contribution is 5.81. The van der Waals surface area contributed by atoms with Crippen LogP contribution in [-0.4, -0.2) is 35.6 Å². The van der Waals surface area contributed by atoms with Gasteiger partial charge in [-0.15, -0.1) is 0 Å². The molecule has 1 aromatic rings. The largest absolute Gasteiger partial charge is 0.474 e. The minimum Gasteiger partial charge on any atom is -0.474 e. The minimum absolute atomic E-state index is 0.0902. The van der Waals surface area contributed by atoms with Gasteiger partial charge in [-0.2, -0.15) is 0 Å². The number of aryl methyl sites for hydroxylation is 1. The molecule has 2 rings (SSSR count). The van der Waals surface area contributed by atoms with E-state index < -0.39 is 0 Å². The second-order valence-electron chi connectivity index (χ2n) is 6.14. The number of pyridine rings is 1. The molecule has 132 valence electrons. The SMILES string of the molecule is CCOC(=O)CCC(=O)NC1CCC(Oc2ccc(C)cn2)CC1. The summed E-state index contributed by atoms with van der Waals surface area (Å²) < 4.78 is 10.7. The molecule has 1 amide bonds. The average Bonchev–Trinajstić information content (AvgIpc) is 2.57. The van der Waals surface area contributed by atoms with E-state index in [1.54, 1.807) is 13.1 Å². The van der Waals surface area contributed by atoms with Crippen LogP contribution >= 0.6 is 0 Å². The molecule has 6 heteroatoms. The molecule has 0 atom stereocenters. The monoisotopic (exact) mass is 334 g/mol. The van der Waals surface area contributed by atoms with Crippen molar-refractivity contribution in [2.45, 2.75) is 64.5 Å². The first-order valence-electron chi connectivity index (χ1n) is 8.61. The third-order valence-corrected chi connectivity index (χ3v) is 4.07. The lowest BCUT2D eigenvalue weighted by Gasteiger charge is -2.29. The lowest BCUT2D eigenvalue weighted by Crippen LogP contribution is -2.39. The molecule has 1 aliphatic carbocycles. The van der Waals surface area contributed by atoms with Gasteiger partial charge in [-0.05, 0) is 45.1 Å². The van der Waals surface area contributed by atoms with Gasteiger partial charge in [0.2, 0.25) is 11.8 Å². The van der Waals surface area contributed by atoms with Gasteiger partial charge >= 0.3 is 5.97 Å². The molecule has 1 aromatic heterocycles. The van der Waals surface area contributed by atoms with Crippen LogP contribution in [0.2, 0.25) is 0 Å². The average molecular weight is 334 g/mol. The Labute approximate surface area is 142 Å². The number of nitrogens with zero attached hydrogens (tertiary/aromatic N) is 1. The van der Waals surface area contributed by atoms with Crippen LogP contribution < -0.4 is 10.1 Å². The molecule has 1 N–H and O–H groups in total. The summed E-state index contributed by atoms with van der Waals surface area (Å²) in [7, 11) is 0. The first-order valence-corrected chi connectivity index (χ1v) is 8.61. The van der Waals surface area contributed by atoms with Gasteiger partial charge in [-0.3, -0.25) is 9.59 Å². The van der Waals surface area contributed by atoms with E-state index in [2.05, 4.69) is 10.3 Å². The van der Waals surface area contributed by atoms with Gasteiger partial charge in [0.05, 0.1) is 13.0 Å². The van der Waals surface area contributed by atoms with Crippen LogP contribution in [0.3, 0.4) is 0 Å². The Morgan fingerprint density at radius 3 is 2.58 bits per heavy atom. The Morgan fingerprint density at radius 2 is 1.96 bits per heavy atom. The smallest absolute Gasteiger partial charge is 0.306 e. The summed E-state index contributed by atoms with van der Waals surface area (Å²) in [5.41, 5.74) is 1.11. The third-order valence-electron chi connectivity index (χ3n) is 4.07. The van der Waals surface area contributed by atoms with Crippen LogP contribution in [0, 0.1) is 6.92 Å². The third kappa shape index (κ3) is 6.18. The number of carbonyl (C=O) groups is 2. The quantitative estimate of drug-likeness (QED) is 0.775. The molecular weight excluding hydrogens is 308 g/mol. The zero-order valence-electron chi connectivity index (χ0n) is 14.4. The Bertz CT molecular complexity index is 536. The van der Waals surface area contributed by atoms with Crippen LogP contribution in [0.5, 0.6) is 5.88 Å². The Balaban J connectivity index is 1.66. The first-order chi connectivity index (χ1) is 11.6. The van der Waals surface area contributed by atoms with Crippen LogP contribution in [0.1, 0.15) is 51.0 Å². The molecule has 1 aliphatic rings. The first kappa shape index (κ1) is 18.2. The molecule has 0 aromatic carbocycles. The number of hydrogen-bond donors (Lipinski definition) is 1. The van der Waals surface area contributed by atoms with Gasteiger partial charge in [0.1, 0.15) is 6.10 Å². The second-order valence-corrected chi connectivity index (χ2v) is 6.14. The number of rotatable bonds is 7. The van der Waals surface area contributed by atoms with E-state index >= 15 is 0 Å². The van der Waals surface area contributed by atoms with Gasteiger partial charge in [-0.1, -0.05) is 6.07 Å². The van der Waals surface area contributed by atoms with E-state index in [1.165, 1.54) is 0 Å². The van der Waals surface area contributed by atoms with E-state index in [0.717, 1.165) is 31.2 Å². The topological polar surface area (TPSA) is 77.5 Å². The fourth-order valence-corrected chi connectivity index (χ4v) is 2.77. The summed E-state index contributed by atoms with van der Waals surface area (Å²) in [6, 6.07) is 4.03. The Kier molecular flexibility index (Phi) is 7.03. The molecule has 1 saturated carbocycles. The molecule has 0 saturated heterocycles. The maximum absolute atomic E-state index is 11.9. The zero-order valence-corrected chi connectivity index (χ0v) is 14.4. The lowest BCUT2D eigenvalue weighted by molar-refractivity contribution is -0.144. The molecule has 0 unspecified atom stereocenters. The second kappa shape index (κ2) is 9.25. The van der Waals surface area contributed by atoms with Crippen molar-refractivity contribution in [3.63, 3.8) is 0 Å². The maximum atomic E-state index is 11.9. The molecule has 0 spiro atoms. The van der Waals surface area contributed by atoms with Crippen molar-refractivity contribution >= 4 is 11.9 Å². The fourth-order valence-electron chi connectivity index (χ4n) is 2.77. The molecule has 1 heterocycles. The molecule has 24 heavy (non-hydrogen) atoms. The summed E-state index contributed by atoms with van der Waals surface area (Å²) in [5.74, 6) is 0.241. The lowest BCUT2D eigenvalue weighted by atomic mass is 9.93. The number of ether oxygens (including phenoxy) is 2. The van der Waals surface area contributed by atoms with Gasteiger partial charge in [0.15, 0.2) is 0 Å². The fraction of sp³-hybridized carbons (Fsp3) is 0.611. The normalized spacial score (nSPS) is 20.2. The van der Waals surface area contributed by atoms with E-state index in [4.69, 9.17) is 9.47 Å². The number of nitrogens with one attached hydrogen (secondary N) is 1. The van der Waals surface area contributed by atoms with Crippen LogP contribution in [0.25, 0.3) is 0 Å². The van der Waals surface area contributed by atoms with Crippen LogP contribution in [0.15, 0.2) is 18.3 Å². The zero-order chi connectivity index (χ0) is 17.4. The van der Waals surface area contributed by atoms with Crippen molar-refractivity contribution in [3.05, 3.63) is 23.9 Å². The maximum Gasteiger partial charge on any atom is 0.306 e. The number of amides is 1. The highest BCUT2D eigenvalue weighted by atomic mass is 16.5. The van der Waals surface area contributed by atoms with Gasteiger partial charge < -0.3 is 14.8 Å². The minimum atomic E-state index is -0.324. The van der Waals surface area contributed by atoms with Crippen molar-refractivity contribution in [1.29, 1.82) is 0 Å². The number of esters is 1. The van der Waals surface area contributed by atoms with Gasteiger partial charge in [0.25, 0.3) is 0 Å². The number of carbonyl (C=O) groups excluding carboxylic acids is 2. The van der Waals surface area contributed by atoms with Crippen molar-refractivity contribution < 1.29 is 19.1 Å². The van der Waals surface area contributed by atoms with E-state index in [1.807, 2.05) is 19.1 Å². The van der Waals surface area contributed by atoms with Crippen LogP contribution in [-0.2, 0) is 14.3 Å². The standard InChI is InChI=1S/C18H26N2O4/c1-3-23-18(22)11-9-16(21)20-14-5-7-15(8-6-14)24-17-10-4-13(2)12-19-17/h4,10,12,14-15H,3,5-9,11H2,1-2H3,(H,20,21). The summed E-state index contributed by atoms with van der Waals surface area (Å²) >= 11 is 0. The van der Waals surface area contributed by atoms with E-state index in [9.17, 15) is 9.59 Å². The van der Waals surface area contributed by atoms with E-state index in [-0.39, 0.29) is 36.9 Å². The highest BCUT2D eigenvalue weighted by Gasteiger charge is 2.24. The molecule has 6 nitrogen and oxygen atoms in total. The van der Waals surface area contributed by atoms with Crippen molar-refractivity contribution in [3.8, 4) is 5.88 Å². The molecule has 0 radical (unpaired) electrons.